The maximum absolute atomic E-state index is 8.87. The molecule has 8 rings (SSSR count). The zero-order valence-electron chi connectivity index (χ0n) is 39.6. The van der Waals surface area contributed by atoms with E-state index in [2.05, 4.69) is 121 Å². The van der Waals surface area contributed by atoms with E-state index in [0.29, 0.717) is 33.1 Å². The Hall–Kier alpha value is -4.29. The normalized spacial score (nSPS) is 13.8. The van der Waals surface area contributed by atoms with Gasteiger partial charge in [-0.25, -0.2) is 0 Å². The first-order valence-electron chi connectivity index (χ1n) is 22.1. The Kier molecular flexibility index (Phi) is 10.6. The summed E-state index contributed by atoms with van der Waals surface area (Å²) in [5, 5.41) is 2.20. The Morgan fingerprint density at radius 1 is 0.789 bits per heavy atom. The molecule has 0 atom stereocenters. The average Bonchev–Trinajstić information content (AvgIpc) is 3.78. The van der Waals surface area contributed by atoms with Gasteiger partial charge in [-0.3, -0.25) is 4.98 Å². The number of hydrogen-bond acceptors (Lipinski definition) is 3. The molecule has 0 bridgehead atoms. The molecule has 0 aliphatic heterocycles. The van der Waals surface area contributed by atoms with Crippen molar-refractivity contribution in [1.82, 2.24) is 14.5 Å². The van der Waals surface area contributed by atoms with Gasteiger partial charge in [-0.05, 0) is 41.2 Å². The average molecular weight is 996 g/mol. The molecule has 1 radical (unpaired) electrons. The van der Waals surface area contributed by atoms with Gasteiger partial charge in [-0.15, -0.1) is 18.2 Å². The number of aromatic nitrogens is 3. The van der Waals surface area contributed by atoms with E-state index in [1.807, 2.05) is 63.2 Å². The molecule has 3 heterocycles. The maximum Gasteiger partial charge on any atom is 0 e. The van der Waals surface area contributed by atoms with Crippen molar-refractivity contribution in [2.24, 2.45) is 5.41 Å². The number of pyridine rings is 1. The minimum Gasteiger partial charge on any atom is 0 e. The fourth-order valence-corrected chi connectivity index (χ4v) is 11.1. The molecule has 6 heteroatoms. The van der Waals surface area contributed by atoms with Gasteiger partial charge in [0, 0.05) is 31.2 Å². The molecule has 0 fully saturated rings. The van der Waals surface area contributed by atoms with Crippen LogP contribution in [0.2, 0.25) is 17.3 Å². The van der Waals surface area contributed by atoms with Gasteiger partial charge < -0.3 is 8.98 Å². The number of hydrogen-bond donors (Lipinski definition) is 0. The number of fused-ring (bicyclic) bond motifs is 4. The molecule has 3 aromatic heterocycles. The van der Waals surface area contributed by atoms with Gasteiger partial charge in [0.25, 0.3) is 0 Å². The van der Waals surface area contributed by atoms with E-state index in [9.17, 15) is 0 Å². The Morgan fingerprint density at radius 2 is 1.47 bits per heavy atom. The van der Waals surface area contributed by atoms with E-state index in [1.165, 1.54) is 16.8 Å². The van der Waals surface area contributed by atoms with Crippen LogP contribution in [0, 0.1) is 24.4 Å². The Bertz CT molecular complexity index is 2840. The first-order valence-corrected chi connectivity index (χ1v) is 26.9. The smallest absolute Gasteiger partial charge is 0 e. The fourth-order valence-electron chi connectivity index (χ4n) is 7.54. The Morgan fingerprint density at radius 3 is 2.12 bits per heavy atom. The molecule has 0 unspecified atom stereocenters. The van der Waals surface area contributed by atoms with E-state index in [1.54, 1.807) is 12.1 Å². The number of furan rings is 1. The van der Waals surface area contributed by atoms with Crippen LogP contribution < -0.4 is 4.40 Å². The number of imidazole rings is 1. The van der Waals surface area contributed by atoms with Crippen molar-refractivity contribution >= 4 is 50.6 Å². The molecular weight excluding hydrogens is 935 g/mol. The van der Waals surface area contributed by atoms with E-state index in [0.717, 1.165) is 44.4 Å². The summed E-state index contributed by atoms with van der Waals surface area (Å²) >= 11 is -2.79. The third-order valence-electron chi connectivity index (χ3n) is 9.95. The summed E-state index contributed by atoms with van der Waals surface area (Å²) in [6.07, 6.45) is -1.70. The second-order valence-electron chi connectivity index (χ2n) is 17.2. The predicted octanol–water partition coefficient (Wildman–Crippen LogP) is 13.6. The molecule has 0 amide bonds. The fraction of sp³-hybridized carbons (Fsp3) is 0.294. The first kappa shape index (κ1) is 35.8. The van der Waals surface area contributed by atoms with Crippen molar-refractivity contribution in [2.45, 2.75) is 90.8 Å². The van der Waals surface area contributed by atoms with Gasteiger partial charge in [0.15, 0.2) is 0 Å². The van der Waals surface area contributed by atoms with Gasteiger partial charge in [0.2, 0.25) is 0 Å². The van der Waals surface area contributed by atoms with Crippen molar-refractivity contribution in [3.8, 4) is 28.3 Å². The van der Waals surface area contributed by atoms with Crippen LogP contribution in [0.15, 0.2) is 114 Å². The zero-order valence-corrected chi connectivity index (χ0v) is 39.1. The Labute approximate surface area is 362 Å². The van der Waals surface area contributed by atoms with Crippen LogP contribution >= 0.6 is 0 Å². The summed E-state index contributed by atoms with van der Waals surface area (Å²) in [4.78, 5) is 9.68. The van der Waals surface area contributed by atoms with Crippen LogP contribution in [0.3, 0.4) is 0 Å². The zero-order chi connectivity index (χ0) is 44.2. The second kappa shape index (κ2) is 16.9. The molecule has 295 valence electrons. The van der Waals surface area contributed by atoms with E-state index in [-0.39, 0.29) is 25.8 Å². The van der Waals surface area contributed by atoms with Crippen LogP contribution in [0.5, 0.6) is 0 Å². The minimum absolute atomic E-state index is 0. The van der Waals surface area contributed by atoms with E-state index >= 15 is 0 Å². The largest absolute Gasteiger partial charge is 0 e. The summed E-state index contributed by atoms with van der Waals surface area (Å²) in [6, 6.07) is 42.9. The molecule has 5 aromatic carbocycles. The molecule has 0 saturated carbocycles. The number of para-hydroxylation sites is 4. The monoisotopic (exact) mass is 997 g/mol. The summed E-state index contributed by atoms with van der Waals surface area (Å²) in [6.45, 7) is 12.2. The van der Waals surface area contributed by atoms with Crippen LogP contribution in [-0.4, -0.2) is 27.8 Å². The number of benzene rings is 5. The molecule has 8 aromatic rings. The van der Waals surface area contributed by atoms with Gasteiger partial charge in [-0.1, -0.05) is 87.2 Å². The topological polar surface area (TPSA) is 43.9 Å². The van der Waals surface area contributed by atoms with E-state index in [4.69, 9.17) is 16.3 Å². The predicted molar refractivity (Wildman–Crippen MR) is 240 cm³/mol. The third-order valence-corrected chi connectivity index (χ3v) is 14.2. The molecule has 0 N–H and O–H groups in total. The summed E-state index contributed by atoms with van der Waals surface area (Å²) in [5.41, 5.74) is 9.45. The molecule has 4 nitrogen and oxygen atoms in total. The van der Waals surface area contributed by atoms with Crippen molar-refractivity contribution in [3.63, 3.8) is 0 Å². The van der Waals surface area contributed by atoms with Crippen LogP contribution in [0.25, 0.3) is 61.3 Å². The van der Waals surface area contributed by atoms with Gasteiger partial charge in [0.05, 0.1) is 22.4 Å². The first-order chi connectivity index (χ1) is 28.6. The maximum atomic E-state index is 8.87. The molecule has 57 heavy (non-hydrogen) atoms. The SMILES string of the molecule is CC(C)c1cccc(C(C)C)c1-n1c(-c2[c-]ccc3c2oc2ccccc23)nc2ccccc21.[2H]C([2H])([2H])c1nc(-c2[c-]cccc2)cc(C([2H])([2H])C(C)(C)C)[c]1[Ge]([CH3])([CH3])[CH3].[Ir]. The van der Waals surface area contributed by atoms with Crippen LogP contribution in [0.4, 0.5) is 0 Å². The quantitative estimate of drug-likeness (QED) is 0.118. The number of rotatable bonds is 7. The standard InChI is InChI=1S/C31H27N2O.C20H28GeN.Ir/c1-19(2)21-12-9-13-22(20(3)4)29(21)33-27-17-7-6-16-26(27)32-31(33)25-15-10-14-24-23-11-5-8-18-28(23)34-30(24)25;1-15-19(21(5,6)7)17(14-20(2,3)4)13-18(22-15)16-11-9-8-10-12-16;/h5-14,16-20H,1-4H3;8-11,13H,14H2,1-7H3;/q2*-1;/i;1D3,14D2;. The molecule has 0 aliphatic carbocycles. The number of nitrogens with zero attached hydrogens (tertiary/aromatic N) is 3. The van der Waals surface area contributed by atoms with Gasteiger partial charge in [-0.2, -0.15) is 0 Å². The van der Waals surface area contributed by atoms with Crippen LogP contribution in [0.1, 0.15) is 89.5 Å². The van der Waals surface area contributed by atoms with Crippen LogP contribution in [-0.2, 0) is 26.5 Å². The van der Waals surface area contributed by atoms with Crippen molar-refractivity contribution < 1.29 is 31.4 Å². The van der Waals surface area contributed by atoms with Crippen molar-refractivity contribution in [3.05, 3.63) is 144 Å². The minimum atomic E-state index is -2.79. The molecule has 0 aliphatic rings. The van der Waals surface area contributed by atoms with Crippen molar-refractivity contribution in [1.29, 1.82) is 0 Å². The molecule has 0 spiro atoms. The summed E-state index contributed by atoms with van der Waals surface area (Å²) < 4.78 is 51.4. The summed E-state index contributed by atoms with van der Waals surface area (Å²) in [7, 11) is 0. The summed E-state index contributed by atoms with van der Waals surface area (Å²) in [5.74, 6) is 7.86. The molecular formula is C51H55GeIrN3O-2. The third kappa shape index (κ3) is 8.77. The molecule has 0 saturated heterocycles. The second-order valence-corrected chi connectivity index (χ2v) is 27.7. The number of aryl methyl sites for hydroxylation is 1. The van der Waals surface area contributed by atoms with Crippen molar-refractivity contribution in [2.75, 3.05) is 0 Å². The van der Waals surface area contributed by atoms with E-state index < -0.39 is 31.9 Å². The Balaban J connectivity index is 0.000000210. The van der Waals surface area contributed by atoms with Gasteiger partial charge in [0.1, 0.15) is 5.58 Å². The van der Waals surface area contributed by atoms with Gasteiger partial charge >= 0.3 is 145 Å².